The van der Waals surface area contributed by atoms with E-state index < -0.39 is 0 Å². The number of hydrogen-bond acceptors (Lipinski definition) is 1. The van der Waals surface area contributed by atoms with E-state index >= 15 is 0 Å². The van der Waals surface area contributed by atoms with Crippen molar-refractivity contribution in [1.82, 2.24) is 0 Å². The molecule has 0 aliphatic carbocycles. The SMILES string of the molecule is CCCCCC[C@H](C)OCCCC. The minimum Gasteiger partial charge on any atom is -0.379 e. The summed E-state index contributed by atoms with van der Waals surface area (Å²) in [6, 6.07) is 0. The summed E-state index contributed by atoms with van der Waals surface area (Å²) in [5.41, 5.74) is 0. The quantitative estimate of drug-likeness (QED) is 0.491. The van der Waals surface area contributed by atoms with Crippen LogP contribution in [0.2, 0.25) is 0 Å². The van der Waals surface area contributed by atoms with E-state index in [1.54, 1.807) is 0 Å². The van der Waals surface area contributed by atoms with E-state index in [9.17, 15) is 0 Å². The second kappa shape index (κ2) is 10.0. The Labute approximate surface area is 83.9 Å². The largest absolute Gasteiger partial charge is 0.379 e. The normalized spacial score (nSPS) is 13.2. The third-order valence-electron chi connectivity index (χ3n) is 2.36. The van der Waals surface area contributed by atoms with Gasteiger partial charge in [-0.2, -0.15) is 0 Å². The van der Waals surface area contributed by atoms with E-state index in [0.29, 0.717) is 6.10 Å². The van der Waals surface area contributed by atoms with E-state index in [2.05, 4.69) is 20.8 Å². The molecule has 0 saturated heterocycles. The molecule has 0 amide bonds. The summed E-state index contributed by atoms with van der Waals surface area (Å²) < 4.78 is 5.66. The first kappa shape index (κ1) is 13.0. The van der Waals surface area contributed by atoms with Crippen LogP contribution in [0.5, 0.6) is 0 Å². The third-order valence-corrected chi connectivity index (χ3v) is 2.36. The van der Waals surface area contributed by atoms with Gasteiger partial charge in [-0.05, 0) is 19.8 Å². The van der Waals surface area contributed by atoms with Crippen LogP contribution in [0.3, 0.4) is 0 Å². The monoisotopic (exact) mass is 186 g/mol. The average molecular weight is 186 g/mol. The first-order chi connectivity index (χ1) is 6.31. The molecular formula is C12H26O. The molecule has 0 aromatic heterocycles. The van der Waals surface area contributed by atoms with Gasteiger partial charge in [-0.15, -0.1) is 0 Å². The average Bonchev–Trinajstić information content (AvgIpc) is 2.13. The van der Waals surface area contributed by atoms with Crippen LogP contribution < -0.4 is 0 Å². The number of unbranched alkanes of at least 4 members (excludes halogenated alkanes) is 4. The summed E-state index contributed by atoms with van der Waals surface area (Å²) in [4.78, 5) is 0. The predicted octanol–water partition coefficient (Wildman–Crippen LogP) is 4.16. The highest BCUT2D eigenvalue weighted by molar-refractivity contribution is 4.51. The molecule has 0 spiro atoms. The molecular weight excluding hydrogens is 160 g/mol. The lowest BCUT2D eigenvalue weighted by molar-refractivity contribution is 0.0566. The van der Waals surface area contributed by atoms with Crippen LogP contribution in [0, 0.1) is 0 Å². The zero-order chi connectivity index (χ0) is 9.94. The highest BCUT2D eigenvalue weighted by atomic mass is 16.5. The topological polar surface area (TPSA) is 9.23 Å². The Bertz CT molecular complexity index is 91.1. The fraction of sp³-hybridized carbons (Fsp3) is 1.00. The standard InChI is InChI=1S/C12H26O/c1-4-6-8-9-10-12(3)13-11-7-5-2/h12H,4-11H2,1-3H3/t12-/m0/s1. The molecule has 13 heavy (non-hydrogen) atoms. The smallest absolute Gasteiger partial charge is 0.0547 e. The fourth-order valence-corrected chi connectivity index (χ4v) is 1.37. The van der Waals surface area contributed by atoms with Crippen molar-refractivity contribution in [3.05, 3.63) is 0 Å². The molecule has 0 aliphatic rings. The number of rotatable bonds is 9. The van der Waals surface area contributed by atoms with Crippen molar-refractivity contribution in [3.63, 3.8) is 0 Å². The van der Waals surface area contributed by atoms with E-state index in [1.807, 2.05) is 0 Å². The van der Waals surface area contributed by atoms with Gasteiger partial charge in [0.25, 0.3) is 0 Å². The van der Waals surface area contributed by atoms with Crippen molar-refractivity contribution in [2.45, 2.75) is 71.8 Å². The van der Waals surface area contributed by atoms with Gasteiger partial charge in [0.2, 0.25) is 0 Å². The van der Waals surface area contributed by atoms with Gasteiger partial charge < -0.3 is 4.74 Å². The maximum Gasteiger partial charge on any atom is 0.0547 e. The van der Waals surface area contributed by atoms with E-state index in [-0.39, 0.29) is 0 Å². The van der Waals surface area contributed by atoms with Gasteiger partial charge in [-0.3, -0.25) is 0 Å². The maximum atomic E-state index is 5.66. The van der Waals surface area contributed by atoms with Crippen molar-refractivity contribution >= 4 is 0 Å². The van der Waals surface area contributed by atoms with Gasteiger partial charge in [0.15, 0.2) is 0 Å². The van der Waals surface area contributed by atoms with Crippen molar-refractivity contribution in [1.29, 1.82) is 0 Å². The zero-order valence-corrected chi connectivity index (χ0v) is 9.64. The highest BCUT2D eigenvalue weighted by Crippen LogP contribution is 2.08. The van der Waals surface area contributed by atoms with Gasteiger partial charge in [0.1, 0.15) is 0 Å². The molecule has 0 rings (SSSR count). The molecule has 0 aliphatic heterocycles. The summed E-state index contributed by atoms with van der Waals surface area (Å²) in [5, 5.41) is 0. The van der Waals surface area contributed by atoms with Crippen molar-refractivity contribution in [2.75, 3.05) is 6.61 Å². The molecule has 0 aromatic rings. The fourth-order valence-electron chi connectivity index (χ4n) is 1.37. The maximum absolute atomic E-state index is 5.66. The summed E-state index contributed by atoms with van der Waals surface area (Å²) in [7, 11) is 0. The van der Waals surface area contributed by atoms with Gasteiger partial charge in [-0.25, -0.2) is 0 Å². The van der Waals surface area contributed by atoms with Gasteiger partial charge in [-0.1, -0.05) is 46.0 Å². The molecule has 0 aromatic carbocycles. The van der Waals surface area contributed by atoms with E-state index in [4.69, 9.17) is 4.74 Å². The second-order valence-electron chi connectivity index (χ2n) is 3.88. The molecule has 1 heteroatoms. The Balaban J connectivity index is 3.05. The van der Waals surface area contributed by atoms with Crippen molar-refractivity contribution in [2.24, 2.45) is 0 Å². The molecule has 1 atom stereocenters. The van der Waals surface area contributed by atoms with E-state index in [0.717, 1.165) is 6.61 Å². The van der Waals surface area contributed by atoms with E-state index in [1.165, 1.54) is 44.9 Å². The lowest BCUT2D eigenvalue weighted by Gasteiger charge is -2.12. The number of ether oxygens (including phenoxy) is 1. The molecule has 0 unspecified atom stereocenters. The molecule has 80 valence electrons. The Morgan fingerprint density at radius 1 is 0.923 bits per heavy atom. The van der Waals surface area contributed by atoms with Crippen LogP contribution in [0.1, 0.15) is 65.7 Å². The lowest BCUT2D eigenvalue weighted by Crippen LogP contribution is -2.08. The van der Waals surface area contributed by atoms with Crippen LogP contribution >= 0.6 is 0 Å². The van der Waals surface area contributed by atoms with Crippen LogP contribution in [0.25, 0.3) is 0 Å². The highest BCUT2D eigenvalue weighted by Gasteiger charge is 2.00. The molecule has 1 nitrogen and oxygen atoms in total. The number of hydrogen-bond donors (Lipinski definition) is 0. The molecule has 0 bridgehead atoms. The third kappa shape index (κ3) is 9.88. The van der Waals surface area contributed by atoms with Crippen LogP contribution in [0.15, 0.2) is 0 Å². The molecule has 0 heterocycles. The minimum absolute atomic E-state index is 0.475. The lowest BCUT2D eigenvalue weighted by atomic mass is 10.1. The molecule has 0 N–H and O–H groups in total. The van der Waals surface area contributed by atoms with Gasteiger partial charge >= 0.3 is 0 Å². The van der Waals surface area contributed by atoms with Gasteiger partial charge in [0.05, 0.1) is 6.10 Å². The molecule has 0 radical (unpaired) electrons. The van der Waals surface area contributed by atoms with Gasteiger partial charge in [0, 0.05) is 6.61 Å². The van der Waals surface area contributed by atoms with Crippen LogP contribution in [-0.2, 0) is 4.74 Å². The summed E-state index contributed by atoms with van der Waals surface area (Å²) in [6.45, 7) is 7.60. The Hall–Kier alpha value is -0.0400. The zero-order valence-electron chi connectivity index (χ0n) is 9.64. The Morgan fingerprint density at radius 3 is 2.23 bits per heavy atom. The van der Waals surface area contributed by atoms with Crippen LogP contribution in [-0.4, -0.2) is 12.7 Å². The molecule has 0 fully saturated rings. The summed E-state index contributed by atoms with van der Waals surface area (Å²) >= 11 is 0. The minimum atomic E-state index is 0.475. The summed E-state index contributed by atoms with van der Waals surface area (Å²) in [5.74, 6) is 0. The predicted molar refractivity (Wildman–Crippen MR) is 59.1 cm³/mol. The van der Waals surface area contributed by atoms with Crippen molar-refractivity contribution < 1.29 is 4.74 Å². The Kier molecular flexibility index (Phi) is 10.0. The first-order valence-electron chi connectivity index (χ1n) is 5.92. The summed E-state index contributed by atoms with van der Waals surface area (Å²) in [6.07, 6.45) is 9.57. The first-order valence-corrected chi connectivity index (χ1v) is 5.92. The van der Waals surface area contributed by atoms with Crippen LogP contribution in [0.4, 0.5) is 0 Å². The second-order valence-corrected chi connectivity index (χ2v) is 3.88. The molecule has 0 saturated carbocycles. The Morgan fingerprint density at radius 2 is 1.62 bits per heavy atom. The van der Waals surface area contributed by atoms with Crippen molar-refractivity contribution in [3.8, 4) is 0 Å².